The van der Waals surface area contributed by atoms with Gasteiger partial charge in [0.05, 0.1) is 23.2 Å². The van der Waals surface area contributed by atoms with Gasteiger partial charge in [-0.05, 0) is 19.1 Å². The van der Waals surface area contributed by atoms with E-state index in [9.17, 15) is 9.59 Å². The molecule has 0 saturated heterocycles. The number of aliphatic carboxylic acids is 1. The first-order valence-corrected chi connectivity index (χ1v) is 6.49. The van der Waals surface area contributed by atoms with E-state index in [4.69, 9.17) is 5.11 Å². The van der Waals surface area contributed by atoms with Gasteiger partial charge in [-0.15, -0.1) is 0 Å². The van der Waals surface area contributed by atoms with Crippen LogP contribution in [0.25, 0.3) is 5.52 Å². The highest BCUT2D eigenvalue weighted by molar-refractivity contribution is 6.00. The minimum absolute atomic E-state index is 0.189. The highest BCUT2D eigenvalue weighted by Crippen LogP contribution is 2.14. The van der Waals surface area contributed by atoms with Crippen molar-refractivity contribution in [3.63, 3.8) is 0 Å². The molecule has 0 aliphatic heterocycles. The molecule has 0 spiro atoms. The Bertz CT molecular complexity index is 635. The van der Waals surface area contributed by atoms with Gasteiger partial charge in [0.2, 0.25) is 0 Å². The molecule has 2 heterocycles. The fourth-order valence-corrected chi connectivity index (χ4v) is 2.03. The van der Waals surface area contributed by atoms with E-state index in [1.54, 1.807) is 17.6 Å². The Balaban J connectivity index is 2.26. The molecule has 0 aliphatic carbocycles. The first-order valence-electron chi connectivity index (χ1n) is 6.49. The third-order valence-electron chi connectivity index (χ3n) is 3.24. The zero-order chi connectivity index (χ0) is 14.7. The molecule has 0 aromatic carbocycles. The predicted molar refractivity (Wildman–Crippen MR) is 73.6 cm³/mol. The minimum atomic E-state index is -0.906. The molecule has 0 bridgehead atoms. The number of hydrogen-bond donors (Lipinski definition) is 1. The Morgan fingerprint density at radius 3 is 2.85 bits per heavy atom. The molecule has 0 aliphatic rings. The summed E-state index contributed by atoms with van der Waals surface area (Å²) in [4.78, 5) is 24.9. The van der Waals surface area contributed by atoms with Crippen LogP contribution in [0.3, 0.4) is 0 Å². The maximum absolute atomic E-state index is 12.5. The number of carbonyl (C=O) groups is 2. The summed E-state index contributed by atoms with van der Waals surface area (Å²) in [6, 6.07) is 5.48. The van der Waals surface area contributed by atoms with Crippen LogP contribution in [0.15, 0.2) is 30.6 Å². The molecule has 2 aromatic rings. The van der Waals surface area contributed by atoms with E-state index in [1.165, 1.54) is 11.1 Å². The number of nitrogens with zero attached hydrogens (tertiary/aromatic N) is 3. The quantitative estimate of drug-likeness (QED) is 0.897. The molecule has 0 fully saturated rings. The zero-order valence-electron chi connectivity index (χ0n) is 11.5. The van der Waals surface area contributed by atoms with Crippen molar-refractivity contribution in [1.82, 2.24) is 14.5 Å². The van der Waals surface area contributed by atoms with Crippen molar-refractivity contribution in [3.8, 4) is 0 Å². The van der Waals surface area contributed by atoms with Crippen LogP contribution in [-0.2, 0) is 4.79 Å². The number of carboxylic acid groups (broad SMARTS) is 1. The Morgan fingerprint density at radius 1 is 1.45 bits per heavy atom. The van der Waals surface area contributed by atoms with Crippen LogP contribution in [0.2, 0.25) is 0 Å². The van der Waals surface area contributed by atoms with Gasteiger partial charge < -0.3 is 10.0 Å². The van der Waals surface area contributed by atoms with Crippen LogP contribution in [-0.4, -0.2) is 44.6 Å². The molecule has 1 atom stereocenters. The lowest BCUT2D eigenvalue weighted by atomic mass is 10.1. The number of hydrogen-bond acceptors (Lipinski definition) is 3. The molecule has 6 nitrogen and oxygen atoms in total. The van der Waals surface area contributed by atoms with Crippen molar-refractivity contribution in [2.75, 3.05) is 13.1 Å². The number of pyridine rings is 1. The molecule has 0 radical (unpaired) electrons. The van der Waals surface area contributed by atoms with E-state index in [1.807, 2.05) is 25.1 Å². The summed E-state index contributed by atoms with van der Waals surface area (Å²) in [5.41, 5.74) is 1.21. The second-order valence-corrected chi connectivity index (χ2v) is 4.67. The monoisotopic (exact) mass is 275 g/mol. The maximum Gasteiger partial charge on any atom is 0.308 e. The van der Waals surface area contributed by atoms with Crippen molar-refractivity contribution in [3.05, 3.63) is 36.2 Å². The van der Waals surface area contributed by atoms with Crippen molar-refractivity contribution < 1.29 is 14.7 Å². The van der Waals surface area contributed by atoms with Gasteiger partial charge in [-0.1, -0.05) is 13.0 Å². The van der Waals surface area contributed by atoms with Crippen molar-refractivity contribution >= 4 is 17.4 Å². The Morgan fingerprint density at radius 2 is 2.20 bits per heavy atom. The average molecular weight is 275 g/mol. The molecule has 20 heavy (non-hydrogen) atoms. The first-order chi connectivity index (χ1) is 9.54. The van der Waals surface area contributed by atoms with Gasteiger partial charge in [-0.25, -0.2) is 4.52 Å². The van der Waals surface area contributed by atoms with Crippen molar-refractivity contribution in [1.29, 1.82) is 0 Å². The average Bonchev–Trinajstić information content (AvgIpc) is 2.87. The lowest BCUT2D eigenvalue weighted by Crippen LogP contribution is -2.36. The summed E-state index contributed by atoms with van der Waals surface area (Å²) >= 11 is 0. The fourth-order valence-electron chi connectivity index (χ4n) is 2.03. The Kier molecular flexibility index (Phi) is 4.02. The molecule has 6 heteroatoms. The number of carboxylic acids is 1. The van der Waals surface area contributed by atoms with E-state index in [0.29, 0.717) is 12.1 Å². The summed E-state index contributed by atoms with van der Waals surface area (Å²) in [5.74, 6) is -1.70. The standard InChI is InChI=1S/C14H17N3O3/c1-3-16(9-10(2)14(19)20)13(18)11-8-15-17-7-5-4-6-12(11)17/h4-8,10H,3,9H2,1-2H3,(H,19,20). The molecule has 0 saturated carbocycles. The van der Waals surface area contributed by atoms with E-state index in [2.05, 4.69) is 5.10 Å². The predicted octanol–water partition coefficient (Wildman–Crippen LogP) is 1.52. The van der Waals surface area contributed by atoms with Crippen LogP contribution >= 0.6 is 0 Å². The van der Waals surface area contributed by atoms with E-state index >= 15 is 0 Å². The van der Waals surface area contributed by atoms with Gasteiger partial charge in [-0.3, -0.25) is 9.59 Å². The number of rotatable bonds is 5. The maximum atomic E-state index is 12.5. The topological polar surface area (TPSA) is 74.9 Å². The molecule has 106 valence electrons. The van der Waals surface area contributed by atoms with E-state index < -0.39 is 11.9 Å². The first kappa shape index (κ1) is 14.0. The molecule has 2 rings (SSSR count). The Labute approximate surface area is 116 Å². The van der Waals surface area contributed by atoms with Crippen LogP contribution in [0, 0.1) is 5.92 Å². The van der Waals surface area contributed by atoms with Crippen molar-refractivity contribution in [2.24, 2.45) is 5.92 Å². The molecule has 2 aromatic heterocycles. The number of aromatic nitrogens is 2. The summed E-state index contributed by atoms with van der Waals surface area (Å²) in [6.07, 6.45) is 3.29. The van der Waals surface area contributed by atoms with Gasteiger partial charge in [0, 0.05) is 19.3 Å². The second kappa shape index (κ2) is 5.73. The number of amides is 1. The normalized spacial score (nSPS) is 12.3. The summed E-state index contributed by atoms with van der Waals surface area (Å²) < 4.78 is 1.63. The lowest BCUT2D eigenvalue weighted by Gasteiger charge is -2.22. The molecular weight excluding hydrogens is 258 g/mol. The molecule has 1 unspecified atom stereocenters. The van der Waals surface area contributed by atoms with Gasteiger partial charge in [-0.2, -0.15) is 5.10 Å². The lowest BCUT2D eigenvalue weighted by molar-refractivity contribution is -0.141. The second-order valence-electron chi connectivity index (χ2n) is 4.67. The van der Waals surface area contributed by atoms with Gasteiger partial charge in [0.25, 0.3) is 5.91 Å². The van der Waals surface area contributed by atoms with Crippen LogP contribution in [0.5, 0.6) is 0 Å². The summed E-state index contributed by atoms with van der Waals surface area (Å²) in [6.45, 7) is 4.07. The highest BCUT2D eigenvalue weighted by Gasteiger charge is 2.22. The van der Waals surface area contributed by atoms with Crippen LogP contribution in [0.4, 0.5) is 0 Å². The molecule has 1 N–H and O–H groups in total. The third kappa shape index (κ3) is 2.64. The van der Waals surface area contributed by atoms with Gasteiger partial charge >= 0.3 is 5.97 Å². The minimum Gasteiger partial charge on any atom is -0.481 e. The summed E-state index contributed by atoms with van der Waals surface area (Å²) in [7, 11) is 0. The number of fused-ring (bicyclic) bond motifs is 1. The third-order valence-corrected chi connectivity index (χ3v) is 3.24. The molecular formula is C14H17N3O3. The summed E-state index contributed by atoms with van der Waals surface area (Å²) in [5, 5.41) is 13.1. The SMILES string of the molecule is CCN(CC(C)C(=O)O)C(=O)c1cnn2ccccc12. The van der Waals surface area contributed by atoms with Gasteiger partial charge in [0.1, 0.15) is 0 Å². The van der Waals surface area contributed by atoms with E-state index in [-0.39, 0.29) is 12.5 Å². The van der Waals surface area contributed by atoms with Crippen LogP contribution in [0.1, 0.15) is 24.2 Å². The van der Waals surface area contributed by atoms with Gasteiger partial charge in [0.15, 0.2) is 0 Å². The zero-order valence-corrected chi connectivity index (χ0v) is 11.5. The Hall–Kier alpha value is -2.37. The largest absolute Gasteiger partial charge is 0.481 e. The molecule has 1 amide bonds. The smallest absolute Gasteiger partial charge is 0.308 e. The van der Waals surface area contributed by atoms with Crippen LogP contribution < -0.4 is 0 Å². The van der Waals surface area contributed by atoms with E-state index in [0.717, 1.165) is 5.52 Å². The fraction of sp³-hybridized carbons (Fsp3) is 0.357. The van der Waals surface area contributed by atoms with Crippen molar-refractivity contribution in [2.45, 2.75) is 13.8 Å². The highest BCUT2D eigenvalue weighted by atomic mass is 16.4. The number of carbonyl (C=O) groups excluding carboxylic acids is 1.